The molecule has 1 aliphatic rings. The van der Waals surface area contributed by atoms with Gasteiger partial charge in [-0.15, -0.1) is 0 Å². The number of carbonyl (C=O) groups excluding carboxylic acids is 1. The number of rotatable bonds is 7. The van der Waals surface area contributed by atoms with Crippen molar-refractivity contribution in [2.75, 3.05) is 0 Å². The molecule has 1 aromatic carbocycles. The second-order valence-corrected chi connectivity index (χ2v) is 7.65. The SMILES string of the molecule is O=C(CCn1c(-c2ccccn2)nc2ccccc21)N(Cc1ccncc1)C1CC1. The molecule has 0 unspecified atom stereocenters. The summed E-state index contributed by atoms with van der Waals surface area (Å²) in [5.74, 6) is 0.982. The van der Waals surface area contributed by atoms with E-state index in [1.807, 2.05) is 53.4 Å². The molecule has 0 saturated heterocycles. The van der Waals surface area contributed by atoms with Gasteiger partial charge in [0.15, 0.2) is 5.82 Å². The number of carbonyl (C=O) groups is 1. The van der Waals surface area contributed by atoms with Crippen LogP contribution in [-0.4, -0.2) is 36.4 Å². The van der Waals surface area contributed by atoms with Crippen molar-refractivity contribution in [3.63, 3.8) is 0 Å². The lowest BCUT2D eigenvalue weighted by Gasteiger charge is -2.23. The van der Waals surface area contributed by atoms with Crippen LogP contribution >= 0.6 is 0 Å². The highest BCUT2D eigenvalue weighted by atomic mass is 16.2. The molecule has 1 saturated carbocycles. The van der Waals surface area contributed by atoms with E-state index < -0.39 is 0 Å². The fourth-order valence-electron chi connectivity index (χ4n) is 3.84. The summed E-state index contributed by atoms with van der Waals surface area (Å²) in [4.78, 5) is 28.5. The maximum Gasteiger partial charge on any atom is 0.224 e. The summed E-state index contributed by atoms with van der Waals surface area (Å²) in [6.45, 7) is 1.22. The van der Waals surface area contributed by atoms with Gasteiger partial charge >= 0.3 is 0 Å². The quantitative estimate of drug-likeness (QED) is 0.471. The van der Waals surface area contributed by atoms with Gasteiger partial charge in [-0.05, 0) is 54.8 Å². The molecule has 30 heavy (non-hydrogen) atoms. The highest BCUT2D eigenvalue weighted by Crippen LogP contribution is 2.30. The zero-order valence-electron chi connectivity index (χ0n) is 16.7. The molecule has 0 N–H and O–H groups in total. The van der Waals surface area contributed by atoms with Crippen LogP contribution in [-0.2, 0) is 17.9 Å². The fraction of sp³-hybridized carbons (Fsp3) is 0.250. The van der Waals surface area contributed by atoms with E-state index in [0.717, 1.165) is 41.0 Å². The molecule has 1 amide bonds. The number of amides is 1. The number of hydrogen-bond acceptors (Lipinski definition) is 4. The van der Waals surface area contributed by atoms with Crippen molar-refractivity contribution in [2.24, 2.45) is 0 Å². The highest BCUT2D eigenvalue weighted by molar-refractivity contribution is 5.81. The van der Waals surface area contributed by atoms with Gasteiger partial charge in [-0.25, -0.2) is 4.98 Å². The molecule has 0 bridgehead atoms. The second-order valence-electron chi connectivity index (χ2n) is 7.65. The maximum atomic E-state index is 13.2. The van der Waals surface area contributed by atoms with Crippen LogP contribution in [0.5, 0.6) is 0 Å². The Hall–Kier alpha value is -3.54. The number of aryl methyl sites for hydroxylation is 1. The van der Waals surface area contributed by atoms with Gasteiger partial charge in [0.25, 0.3) is 0 Å². The minimum Gasteiger partial charge on any atom is -0.335 e. The molecule has 0 spiro atoms. The maximum absolute atomic E-state index is 13.2. The first kappa shape index (κ1) is 18.5. The lowest BCUT2D eigenvalue weighted by Crippen LogP contribution is -2.33. The Labute approximate surface area is 175 Å². The summed E-state index contributed by atoms with van der Waals surface area (Å²) < 4.78 is 2.12. The van der Waals surface area contributed by atoms with Gasteiger partial charge in [0, 0.05) is 44.1 Å². The third kappa shape index (κ3) is 3.81. The highest BCUT2D eigenvalue weighted by Gasteiger charge is 2.32. The van der Waals surface area contributed by atoms with Gasteiger partial charge < -0.3 is 9.47 Å². The van der Waals surface area contributed by atoms with E-state index in [9.17, 15) is 4.79 Å². The number of benzene rings is 1. The number of nitrogens with zero attached hydrogens (tertiary/aromatic N) is 5. The normalized spacial score (nSPS) is 13.5. The van der Waals surface area contributed by atoms with E-state index in [0.29, 0.717) is 25.6 Å². The average Bonchev–Trinajstić information content (AvgIpc) is 3.57. The van der Waals surface area contributed by atoms with E-state index in [2.05, 4.69) is 20.6 Å². The number of hydrogen-bond donors (Lipinski definition) is 0. The van der Waals surface area contributed by atoms with E-state index in [-0.39, 0.29) is 5.91 Å². The molecule has 5 rings (SSSR count). The topological polar surface area (TPSA) is 63.9 Å². The van der Waals surface area contributed by atoms with Crippen LogP contribution in [0, 0.1) is 0 Å². The first-order valence-electron chi connectivity index (χ1n) is 10.3. The Morgan fingerprint density at radius 2 is 1.80 bits per heavy atom. The lowest BCUT2D eigenvalue weighted by molar-refractivity contribution is -0.132. The Balaban J connectivity index is 1.39. The Bertz CT molecular complexity index is 1150. The van der Waals surface area contributed by atoms with Gasteiger partial charge in [-0.2, -0.15) is 0 Å². The van der Waals surface area contributed by atoms with Gasteiger partial charge in [0.1, 0.15) is 5.69 Å². The standard InChI is InChI=1S/C24H23N5O/c30-23(29(19-8-9-19)17-18-10-14-25-15-11-18)12-16-28-22-7-2-1-5-20(22)27-24(28)21-6-3-4-13-26-21/h1-7,10-11,13-15,19H,8-9,12,16-17H2. The zero-order chi connectivity index (χ0) is 20.3. The minimum atomic E-state index is 0.180. The summed E-state index contributed by atoms with van der Waals surface area (Å²) in [5, 5.41) is 0. The van der Waals surface area contributed by atoms with Crippen molar-refractivity contribution in [3.05, 3.63) is 78.8 Å². The molecule has 0 radical (unpaired) electrons. The average molecular weight is 397 g/mol. The van der Waals surface area contributed by atoms with Crippen LogP contribution in [0.4, 0.5) is 0 Å². The largest absolute Gasteiger partial charge is 0.335 e. The minimum absolute atomic E-state index is 0.180. The molecule has 150 valence electrons. The number of fused-ring (bicyclic) bond motifs is 1. The number of pyridine rings is 2. The van der Waals surface area contributed by atoms with Gasteiger partial charge in [-0.1, -0.05) is 18.2 Å². The van der Waals surface area contributed by atoms with E-state index in [4.69, 9.17) is 4.98 Å². The van der Waals surface area contributed by atoms with E-state index in [1.54, 1.807) is 18.6 Å². The molecule has 0 aliphatic heterocycles. The molecule has 6 heteroatoms. The summed E-state index contributed by atoms with van der Waals surface area (Å²) in [5.41, 5.74) is 3.88. The molecule has 1 aliphatic carbocycles. The smallest absolute Gasteiger partial charge is 0.224 e. The van der Waals surface area contributed by atoms with Crippen LogP contribution in [0.1, 0.15) is 24.8 Å². The number of aromatic nitrogens is 4. The third-order valence-electron chi connectivity index (χ3n) is 5.51. The third-order valence-corrected chi connectivity index (χ3v) is 5.51. The van der Waals surface area contributed by atoms with E-state index >= 15 is 0 Å². The van der Waals surface area contributed by atoms with Crippen molar-refractivity contribution in [1.29, 1.82) is 0 Å². The summed E-state index contributed by atoms with van der Waals surface area (Å²) in [6, 6.07) is 18.2. The van der Waals surface area contributed by atoms with Crippen LogP contribution in [0.15, 0.2) is 73.2 Å². The van der Waals surface area contributed by atoms with Crippen molar-refractivity contribution in [1.82, 2.24) is 24.4 Å². The predicted octanol–water partition coefficient (Wildman–Crippen LogP) is 4.07. The molecule has 3 aromatic heterocycles. The number of para-hydroxylation sites is 2. The summed E-state index contributed by atoms with van der Waals surface area (Å²) >= 11 is 0. The van der Waals surface area contributed by atoms with Crippen molar-refractivity contribution >= 4 is 16.9 Å². The van der Waals surface area contributed by atoms with Crippen molar-refractivity contribution in [2.45, 2.75) is 38.4 Å². The Kier molecular flexibility index (Phi) is 4.97. The second kappa shape index (κ2) is 8.06. The monoisotopic (exact) mass is 397 g/mol. The fourth-order valence-corrected chi connectivity index (χ4v) is 3.84. The molecule has 0 atom stereocenters. The van der Waals surface area contributed by atoms with E-state index in [1.165, 1.54) is 0 Å². The molecule has 6 nitrogen and oxygen atoms in total. The zero-order valence-corrected chi connectivity index (χ0v) is 16.7. The Morgan fingerprint density at radius 1 is 1.00 bits per heavy atom. The van der Waals surface area contributed by atoms with Gasteiger partial charge in [0.05, 0.1) is 11.0 Å². The molecule has 1 fully saturated rings. The van der Waals surface area contributed by atoms with Crippen molar-refractivity contribution < 1.29 is 4.79 Å². The van der Waals surface area contributed by atoms with Crippen LogP contribution in [0.2, 0.25) is 0 Å². The lowest BCUT2D eigenvalue weighted by atomic mass is 10.2. The van der Waals surface area contributed by atoms with Crippen molar-refractivity contribution in [3.8, 4) is 11.5 Å². The number of imidazole rings is 1. The molecular weight excluding hydrogens is 374 g/mol. The Morgan fingerprint density at radius 3 is 2.57 bits per heavy atom. The molecule has 4 aromatic rings. The van der Waals surface area contributed by atoms with Crippen LogP contribution in [0.25, 0.3) is 22.6 Å². The van der Waals surface area contributed by atoms with Crippen LogP contribution < -0.4 is 0 Å². The molecule has 3 heterocycles. The molecular formula is C24H23N5O. The summed E-state index contributed by atoms with van der Waals surface area (Å²) in [7, 11) is 0. The first-order chi connectivity index (χ1) is 14.8. The van der Waals surface area contributed by atoms with Crippen LogP contribution in [0.3, 0.4) is 0 Å². The first-order valence-corrected chi connectivity index (χ1v) is 10.3. The predicted molar refractivity (Wildman–Crippen MR) is 115 cm³/mol. The van der Waals surface area contributed by atoms with Gasteiger partial charge in [0.2, 0.25) is 5.91 Å². The summed E-state index contributed by atoms with van der Waals surface area (Å²) in [6.07, 6.45) is 7.94. The van der Waals surface area contributed by atoms with Gasteiger partial charge in [-0.3, -0.25) is 14.8 Å².